The largest absolute Gasteiger partial charge is 0.482 e. The summed E-state index contributed by atoms with van der Waals surface area (Å²) in [6.45, 7) is 4.92. The van der Waals surface area contributed by atoms with E-state index in [4.69, 9.17) is 9.47 Å². The predicted octanol–water partition coefficient (Wildman–Crippen LogP) is 2.13. The molecule has 0 saturated heterocycles. The minimum absolute atomic E-state index is 0.117. The van der Waals surface area contributed by atoms with Crippen molar-refractivity contribution in [1.82, 2.24) is 10.2 Å². The van der Waals surface area contributed by atoms with Crippen LogP contribution >= 0.6 is 0 Å². The molecule has 7 heteroatoms. The van der Waals surface area contributed by atoms with Crippen molar-refractivity contribution in [2.75, 3.05) is 0 Å². The van der Waals surface area contributed by atoms with E-state index < -0.39 is 5.60 Å². The smallest absolute Gasteiger partial charge is 0.264 e. The number of fused-ring (bicyclic) bond motifs is 1. The van der Waals surface area contributed by atoms with Crippen LogP contribution in [0.1, 0.15) is 36.7 Å². The quantitative estimate of drug-likeness (QED) is 0.676. The number of hydrogen-bond donors (Lipinski definition) is 1. The number of H-pyrrole nitrogens is 1. The van der Waals surface area contributed by atoms with Crippen LogP contribution < -0.4 is 15.0 Å². The van der Waals surface area contributed by atoms with Crippen molar-refractivity contribution in [1.29, 1.82) is 0 Å². The zero-order valence-electron chi connectivity index (χ0n) is 14.0. The van der Waals surface area contributed by atoms with Crippen LogP contribution in [0.2, 0.25) is 0 Å². The van der Waals surface area contributed by atoms with Crippen LogP contribution in [0.3, 0.4) is 0 Å². The second kappa shape index (κ2) is 6.01. The lowest BCUT2D eigenvalue weighted by Crippen LogP contribution is -2.36. The van der Waals surface area contributed by atoms with Crippen LogP contribution in [0.5, 0.6) is 11.6 Å². The summed E-state index contributed by atoms with van der Waals surface area (Å²) in [7, 11) is 0. The van der Waals surface area contributed by atoms with Crippen molar-refractivity contribution in [3.8, 4) is 11.6 Å². The van der Waals surface area contributed by atoms with Crippen LogP contribution in [0, 0.1) is 0 Å². The molecule has 2 heterocycles. The molecule has 0 unspecified atom stereocenters. The summed E-state index contributed by atoms with van der Waals surface area (Å²) in [4.78, 5) is 34.5. The number of aromatic amines is 1. The first kappa shape index (κ1) is 16.6. The Morgan fingerprint density at radius 1 is 1.28 bits per heavy atom. The lowest BCUT2D eigenvalue weighted by molar-refractivity contribution is -0.106. The summed E-state index contributed by atoms with van der Waals surface area (Å²) in [5, 5.41) is 6.07. The number of rotatable bonds is 4. The molecule has 7 nitrogen and oxygen atoms in total. The molecule has 25 heavy (non-hydrogen) atoms. The Labute approximate surface area is 143 Å². The molecule has 1 aliphatic rings. The number of nitrogens with zero attached hydrogens (tertiary/aromatic N) is 1. The Balaban J connectivity index is 2.19. The molecule has 128 valence electrons. The van der Waals surface area contributed by atoms with Crippen LogP contribution in [-0.2, 0) is 4.79 Å². The summed E-state index contributed by atoms with van der Waals surface area (Å²) in [5.74, 6) is 0.719. The van der Waals surface area contributed by atoms with E-state index in [0.717, 1.165) is 0 Å². The molecule has 0 saturated carbocycles. The Bertz CT molecular complexity index is 936. The van der Waals surface area contributed by atoms with Crippen molar-refractivity contribution in [2.24, 2.45) is 0 Å². The second-order valence-electron chi connectivity index (χ2n) is 6.10. The molecule has 0 atom stereocenters. The minimum Gasteiger partial charge on any atom is -0.482 e. The molecule has 3 rings (SSSR count). The van der Waals surface area contributed by atoms with E-state index in [9.17, 15) is 14.4 Å². The van der Waals surface area contributed by atoms with E-state index in [2.05, 4.69) is 10.2 Å². The number of ketones is 1. The van der Waals surface area contributed by atoms with Crippen molar-refractivity contribution in [2.45, 2.75) is 26.4 Å². The maximum atomic E-state index is 11.7. The zero-order chi connectivity index (χ0) is 18.2. The summed E-state index contributed by atoms with van der Waals surface area (Å²) in [6.07, 6.45) is 0.657. The predicted molar refractivity (Wildman–Crippen MR) is 89.6 cm³/mol. The summed E-state index contributed by atoms with van der Waals surface area (Å²) in [5.41, 5.74) is -0.0912. The lowest BCUT2D eigenvalue weighted by Gasteiger charge is -2.34. The van der Waals surface area contributed by atoms with Crippen LogP contribution in [-0.4, -0.2) is 27.9 Å². The molecule has 1 aliphatic heterocycles. The highest BCUT2D eigenvalue weighted by molar-refractivity contribution is 5.97. The van der Waals surface area contributed by atoms with Crippen LogP contribution in [0.4, 0.5) is 0 Å². The fraction of sp³-hybridized carbons (Fsp3) is 0.222. The lowest BCUT2D eigenvalue weighted by atomic mass is 9.90. The number of aromatic nitrogens is 2. The van der Waals surface area contributed by atoms with Gasteiger partial charge < -0.3 is 9.47 Å². The number of benzene rings is 1. The Morgan fingerprint density at radius 2 is 2.04 bits per heavy atom. The normalized spacial score (nSPS) is 15.2. The van der Waals surface area contributed by atoms with Crippen molar-refractivity contribution >= 4 is 17.8 Å². The van der Waals surface area contributed by atoms with E-state index in [1.807, 2.05) is 0 Å². The summed E-state index contributed by atoms with van der Waals surface area (Å²) >= 11 is 0. The van der Waals surface area contributed by atoms with Gasteiger partial charge in [0.25, 0.3) is 5.56 Å². The van der Waals surface area contributed by atoms with Crippen LogP contribution in [0.15, 0.2) is 40.7 Å². The first-order valence-corrected chi connectivity index (χ1v) is 7.60. The van der Waals surface area contributed by atoms with Crippen molar-refractivity contribution in [3.05, 3.63) is 57.4 Å². The number of carbonyl (C=O) groups excluding carboxylic acids is 2. The van der Waals surface area contributed by atoms with Gasteiger partial charge in [0.05, 0.1) is 11.1 Å². The van der Waals surface area contributed by atoms with Gasteiger partial charge in [-0.3, -0.25) is 14.4 Å². The summed E-state index contributed by atoms with van der Waals surface area (Å²) in [6, 6.07) is 7.58. The first-order chi connectivity index (χ1) is 11.8. The van der Waals surface area contributed by atoms with Crippen molar-refractivity contribution < 1.29 is 19.1 Å². The van der Waals surface area contributed by atoms with Gasteiger partial charge in [-0.05, 0) is 39.0 Å². The van der Waals surface area contributed by atoms with E-state index in [0.29, 0.717) is 23.2 Å². The monoisotopic (exact) mass is 340 g/mol. The number of carbonyl (C=O) groups is 2. The van der Waals surface area contributed by atoms with E-state index in [-0.39, 0.29) is 28.6 Å². The maximum absolute atomic E-state index is 11.7. The Kier molecular flexibility index (Phi) is 4.00. The maximum Gasteiger partial charge on any atom is 0.264 e. The van der Waals surface area contributed by atoms with Gasteiger partial charge in [0.15, 0.2) is 17.8 Å². The third-order valence-electron chi connectivity index (χ3n) is 3.87. The number of nitrogens with one attached hydrogen (secondary N) is 1. The van der Waals surface area contributed by atoms with Gasteiger partial charge in [-0.2, -0.15) is 0 Å². The average molecular weight is 340 g/mol. The molecule has 0 bridgehead atoms. The topological polar surface area (TPSA) is 98.4 Å². The second-order valence-corrected chi connectivity index (χ2v) is 6.10. The van der Waals surface area contributed by atoms with Gasteiger partial charge in [0.1, 0.15) is 11.4 Å². The molecular weight excluding hydrogens is 324 g/mol. The molecule has 0 amide bonds. The molecule has 0 aliphatic carbocycles. The van der Waals surface area contributed by atoms with Gasteiger partial charge >= 0.3 is 0 Å². The van der Waals surface area contributed by atoms with Crippen molar-refractivity contribution in [3.63, 3.8) is 0 Å². The molecule has 1 aromatic heterocycles. The summed E-state index contributed by atoms with van der Waals surface area (Å²) < 4.78 is 11.7. The number of ether oxygens (including phenoxy) is 2. The Morgan fingerprint density at radius 3 is 2.64 bits per heavy atom. The third-order valence-corrected chi connectivity index (χ3v) is 3.87. The molecule has 0 radical (unpaired) electrons. The van der Waals surface area contributed by atoms with Crippen LogP contribution in [0.25, 0.3) is 5.76 Å². The van der Waals surface area contributed by atoms with Gasteiger partial charge in [-0.15, -0.1) is 5.10 Å². The fourth-order valence-corrected chi connectivity index (χ4v) is 2.56. The minimum atomic E-state index is -0.927. The average Bonchev–Trinajstić information content (AvgIpc) is 2.55. The molecule has 0 spiro atoms. The molecule has 1 aromatic carbocycles. The number of hydrogen-bond acceptors (Lipinski definition) is 6. The van der Waals surface area contributed by atoms with E-state index >= 15 is 0 Å². The SMILES string of the molecule is CC(=O)c1ccc2c(c1)C(Oc1ccc(=O)[nH]n1)=C(C=O)C(C)(C)O2. The fourth-order valence-electron chi connectivity index (χ4n) is 2.56. The highest BCUT2D eigenvalue weighted by atomic mass is 16.5. The van der Waals surface area contributed by atoms with Gasteiger partial charge in [0.2, 0.25) is 5.88 Å². The molecule has 2 aromatic rings. The number of Topliss-reactive ketones (excluding diaryl/α,β-unsaturated/α-hetero) is 1. The molecule has 1 N–H and O–H groups in total. The first-order valence-electron chi connectivity index (χ1n) is 7.60. The highest BCUT2D eigenvalue weighted by Gasteiger charge is 2.37. The molecule has 0 fully saturated rings. The molecular formula is C18H16N2O5. The highest BCUT2D eigenvalue weighted by Crippen LogP contribution is 2.41. The standard InChI is InChI=1S/C18H16N2O5/c1-10(22)11-4-5-14-12(8-11)17(13(9-21)18(2,3)25-14)24-16-7-6-15(23)19-20-16/h4-9H,1-3H3,(H,19,23). The van der Waals surface area contributed by atoms with E-state index in [1.165, 1.54) is 19.1 Å². The van der Waals surface area contributed by atoms with Gasteiger partial charge in [-0.25, -0.2) is 5.10 Å². The number of aldehydes is 1. The van der Waals surface area contributed by atoms with Gasteiger partial charge in [0, 0.05) is 17.7 Å². The third kappa shape index (κ3) is 3.08. The Hall–Kier alpha value is -3.22. The van der Waals surface area contributed by atoms with E-state index in [1.54, 1.807) is 32.0 Å². The van der Waals surface area contributed by atoms with Gasteiger partial charge in [-0.1, -0.05) is 0 Å². The zero-order valence-corrected chi connectivity index (χ0v) is 14.0.